The second kappa shape index (κ2) is 5.58. The molecule has 0 bridgehead atoms. The van der Waals surface area contributed by atoms with E-state index < -0.39 is 6.10 Å². The molecule has 2 aromatic heterocycles. The van der Waals surface area contributed by atoms with Gasteiger partial charge in [0.1, 0.15) is 5.15 Å². The molecular formula is C14H21ClN4O. The fraction of sp³-hybridized carbons (Fsp3) is 0.571. The molecule has 1 unspecified atom stereocenters. The molecule has 0 spiro atoms. The topological polar surface area (TPSA) is 55.9 Å². The minimum Gasteiger partial charge on any atom is -0.392 e. The summed E-state index contributed by atoms with van der Waals surface area (Å²) in [6.07, 6.45) is 0.597. The van der Waals surface area contributed by atoms with E-state index in [4.69, 9.17) is 11.6 Å². The first-order chi connectivity index (χ1) is 9.31. The molecular weight excluding hydrogens is 276 g/mol. The van der Waals surface area contributed by atoms with Crippen molar-refractivity contribution in [3.8, 4) is 0 Å². The van der Waals surface area contributed by atoms with Gasteiger partial charge in [0.15, 0.2) is 0 Å². The smallest absolute Gasteiger partial charge is 0.130 e. The van der Waals surface area contributed by atoms with Crippen LogP contribution in [0.3, 0.4) is 0 Å². The van der Waals surface area contributed by atoms with Crippen molar-refractivity contribution in [3.63, 3.8) is 0 Å². The van der Waals surface area contributed by atoms with Gasteiger partial charge in [-0.2, -0.15) is 10.2 Å². The summed E-state index contributed by atoms with van der Waals surface area (Å²) in [6, 6.07) is 0. The van der Waals surface area contributed by atoms with Crippen LogP contribution < -0.4 is 0 Å². The van der Waals surface area contributed by atoms with E-state index >= 15 is 0 Å². The number of aliphatic hydroxyl groups is 1. The molecule has 0 aromatic carbocycles. The Morgan fingerprint density at radius 1 is 1.00 bits per heavy atom. The Kier molecular flexibility index (Phi) is 4.20. The van der Waals surface area contributed by atoms with Gasteiger partial charge in [-0.3, -0.25) is 9.36 Å². The molecule has 0 aliphatic rings. The number of halogens is 1. The Hall–Kier alpha value is -1.33. The number of nitrogens with zero attached hydrogens (tertiary/aromatic N) is 4. The first-order valence-electron chi connectivity index (χ1n) is 6.66. The van der Waals surface area contributed by atoms with Crippen molar-refractivity contribution in [1.29, 1.82) is 0 Å². The predicted molar refractivity (Wildman–Crippen MR) is 79.1 cm³/mol. The van der Waals surface area contributed by atoms with Crippen molar-refractivity contribution in [2.24, 2.45) is 14.1 Å². The lowest BCUT2D eigenvalue weighted by molar-refractivity contribution is 0.175. The van der Waals surface area contributed by atoms with Crippen molar-refractivity contribution in [2.75, 3.05) is 0 Å². The molecule has 20 heavy (non-hydrogen) atoms. The first-order valence-corrected chi connectivity index (χ1v) is 7.04. The third-order valence-electron chi connectivity index (χ3n) is 3.81. The zero-order valence-corrected chi connectivity index (χ0v) is 13.4. The Labute approximate surface area is 124 Å². The normalized spacial score (nSPS) is 12.9. The highest BCUT2D eigenvalue weighted by atomic mass is 35.5. The highest BCUT2D eigenvalue weighted by Gasteiger charge is 2.18. The summed E-state index contributed by atoms with van der Waals surface area (Å²) in [5.41, 5.74) is 4.96. The molecule has 2 aromatic rings. The Bertz CT molecular complexity index is 575. The van der Waals surface area contributed by atoms with Crippen LogP contribution in [-0.4, -0.2) is 30.8 Å². The van der Waals surface area contributed by atoms with Crippen LogP contribution in [0.4, 0.5) is 0 Å². The van der Waals surface area contributed by atoms with Gasteiger partial charge in [-0.25, -0.2) is 0 Å². The number of aryl methyl sites for hydroxylation is 4. The van der Waals surface area contributed by atoms with Crippen molar-refractivity contribution >= 4 is 11.6 Å². The molecule has 1 N–H and O–H groups in total. The van der Waals surface area contributed by atoms with Gasteiger partial charge in [0, 0.05) is 38.2 Å². The van der Waals surface area contributed by atoms with Crippen LogP contribution >= 0.6 is 11.6 Å². The molecule has 0 saturated heterocycles. The van der Waals surface area contributed by atoms with E-state index in [-0.39, 0.29) is 0 Å². The van der Waals surface area contributed by atoms with E-state index in [1.165, 1.54) is 0 Å². The maximum absolute atomic E-state index is 10.3. The Balaban J connectivity index is 2.15. The monoisotopic (exact) mass is 296 g/mol. The van der Waals surface area contributed by atoms with E-state index in [1.54, 1.807) is 11.7 Å². The fourth-order valence-electron chi connectivity index (χ4n) is 2.56. The summed E-state index contributed by atoms with van der Waals surface area (Å²) < 4.78 is 3.49. The molecule has 6 heteroatoms. The molecule has 1 atom stereocenters. The van der Waals surface area contributed by atoms with Crippen molar-refractivity contribution in [1.82, 2.24) is 19.6 Å². The van der Waals surface area contributed by atoms with E-state index in [1.807, 2.05) is 32.5 Å². The molecule has 2 heterocycles. The van der Waals surface area contributed by atoms with E-state index in [9.17, 15) is 5.11 Å². The van der Waals surface area contributed by atoms with Gasteiger partial charge in [-0.05, 0) is 26.3 Å². The summed E-state index contributed by atoms with van der Waals surface area (Å²) in [5.74, 6) is 0. The van der Waals surface area contributed by atoms with Crippen LogP contribution in [0.25, 0.3) is 0 Å². The maximum Gasteiger partial charge on any atom is 0.130 e. The van der Waals surface area contributed by atoms with E-state index in [2.05, 4.69) is 10.2 Å². The average molecular weight is 297 g/mol. The summed E-state index contributed by atoms with van der Waals surface area (Å²) in [7, 11) is 3.72. The summed E-state index contributed by atoms with van der Waals surface area (Å²) in [6.45, 7) is 5.90. The molecule has 0 radical (unpaired) electrons. The zero-order chi connectivity index (χ0) is 15.0. The second-order valence-corrected chi connectivity index (χ2v) is 5.67. The van der Waals surface area contributed by atoms with Crippen molar-refractivity contribution < 1.29 is 5.11 Å². The van der Waals surface area contributed by atoms with Gasteiger partial charge in [0.25, 0.3) is 0 Å². The molecule has 5 nitrogen and oxygen atoms in total. The third kappa shape index (κ3) is 2.74. The fourth-order valence-corrected chi connectivity index (χ4v) is 2.81. The maximum atomic E-state index is 10.3. The number of aromatic nitrogens is 4. The average Bonchev–Trinajstić information content (AvgIpc) is 2.74. The lowest BCUT2D eigenvalue weighted by Crippen LogP contribution is -2.15. The van der Waals surface area contributed by atoms with Crippen LogP contribution in [0.1, 0.15) is 28.2 Å². The summed E-state index contributed by atoms with van der Waals surface area (Å²) >= 11 is 6.20. The predicted octanol–water partition coefficient (Wildman–Crippen LogP) is 1.88. The number of hydrogen-bond acceptors (Lipinski definition) is 3. The highest BCUT2D eigenvalue weighted by molar-refractivity contribution is 6.30. The van der Waals surface area contributed by atoms with Gasteiger partial charge in [-0.1, -0.05) is 11.6 Å². The second-order valence-electron chi connectivity index (χ2n) is 5.31. The lowest BCUT2D eigenvalue weighted by Gasteiger charge is -2.11. The van der Waals surface area contributed by atoms with Crippen LogP contribution in [0, 0.1) is 20.8 Å². The molecule has 0 amide bonds. The summed E-state index contributed by atoms with van der Waals surface area (Å²) in [5, 5.41) is 19.6. The molecule has 2 rings (SSSR count). The van der Waals surface area contributed by atoms with Gasteiger partial charge in [0.2, 0.25) is 0 Å². The van der Waals surface area contributed by atoms with Gasteiger partial charge < -0.3 is 5.11 Å². The quantitative estimate of drug-likeness (QED) is 0.937. The highest BCUT2D eigenvalue weighted by Crippen LogP contribution is 2.22. The Morgan fingerprint density at radius 2 is 1.50 bits per heavy atom. The minimum absolute atomic E-state index is 0.489. The van der Waals surface area contributed by atoms with Gasteiger partial charge >= 0.3 is 0 Å². The number of aliphatic hydroxyl groups excluding tert-OH is 1. The van der Waals surface area contributed by atoms with Crippen LogP contribution in [-0.2, 0) is 26.9 Å². The van der Waals surface area contributed by atoms with Crippen LogP contribution in [0.5, 0.6) is 0 Å². The number of rotatable bonds is 4. The molecule has 0 aliphatic carbocycles. The summed E-state index contributed by atoms with van der Waals surface area (Å²) in [4.78, 5) is 0. The third-order valence-corrected chi connectivity index (χ3v) is 4.28. The molecule has 0 saturated carbocycles. The largest absolute Gasteiger partial charge is 0.392 e. The molecule has 110 valence electrons. The van der Waals surface area contributed by atoms with E-state index in [0.717, 1.165) is 28.2 Å². The molecule has 0 aliphatic heterocycles. The first kappa shape index (κ1) is 15.1. The van der Waals surface area contributed by atoms with Crippen LogP contribution in [0.2, 0.25) is 5.15 Å². The van der Waals surface area contributed by atoms with Gasteiger partial charge in [0.05, 0.1) is 17.5 Å². The van der Waals surface area contributed by atoms with Crippen molar-refractivity contribution in [2.45, 2.75) is 39.7 Å². The molecule has 0 fully saturated rings. The SMILES string of the molecule is Cc1nn(C)c(C)c1CC(O)Cc1c(C)nn(C)c1Cl. The number of hydrogen-bond donors (Lipinski definition) is 1. The van der Waals surface area contributed by atoms with Gasteiger partial charge in [-0.15, -0.1) is 0 Å². The lowest BCUT2D eigenvalue weighted by atomic mass is 10.0. The van der Waals surface area contributed by atoms with Crippen LogP contribution in [0.15, 0.2) is 0 Å². The minimum atomic E-state index is -0.489. The van der Waals surface area contributed by atoms with Crippen molar-refractivity contribution in [3.05, 3.63) is 33.4 Å². The Morgan fingerprint density at radius 3 is 1.95 bits per heavy atom. The zero-order valence-electron chi connectivity index (χ0n) is 12.6. The van der Waals surface area contributed by atoms with E-state index in [0.29, 0.717) is 18.0 Å². The standard InChI is InChI=1S/C14H21ClN4O/c1-8-12(10(3)18(4)16-8)6-11(20)7-13-9(2)17-19(5)14(13)15/h11,20H,6-7H2,1-5H3.